The van der Waals surface area contributed by atoms with E-state index in [1.54, 1.807) is 7.11 Å². The summed E-state index contributed by atoms with van der Waals surface area (Å²) < 4.78 is 7.43. The normalized spacial score (nSPS) is 17.3. The Morgan fingerprint density at radius 1 is 1.14 bits per heavy atom. The van der Waals surface area contributed by atoms with Crippen molar-refractivity contribution in [2.75, 3.05) is 39.8 Å². The molecule has 2 aliphatic rings. The standard InChI is InChI=1S/C23H32N4O2/c1-25-21-8-12-27(16-18-6-5-7-20(14-18)29-2)17-19(21)15-22(25)23(28)24-9-13-26-10-3-4-11-26/h5-7,14-15H,3-4,8-13,16-17H2,1-2H3,(H,24,28). The molecule has 0 atom stereocenters. The van der Waals surface area contributed by atoms with Gasteiger partial charge in [-0.2, -0.15) is 0 Å². The predicted octanol–water partition coefficient (Wildman–Crippen LogP) is 2.42. The lowest BCUT2D eigenvalue weighted by Crippen LogP contribution is -2.34. The molecule has 2 aromatic rings. The molecule has 29 heavy (non-hydrogen) atoms. The van der Waals surface area contributed by atoms with Crippen LogP contribution in [0, 0.1) is 0 Å². The Morgan fingerprint density at radius 3 is 2.76 bits per heavy atom. The van der Waals surface area contributed by atoms with Crippen LogP contribution in [0.2, 0.25) is 0 Å². The quantitative estimate of drug-likeness (QED) is 0.781. The molecule has 1 N–H and O–H groups in total. The Balaban J connectivity index is 1.36. The van der Waals surface area contributed by atoms with Crippen molar-refractivity contribution >= 4 is 5.91 Å². The van der Waals surface area contributed by atoms with Gasteiger partial charge in [0.25, 0.3) is 5.91 Å². The molecule has 1 fully saturated rings. The number of methoxy groups -OCH3 is 1. The van der Waals surface area contributed by atoms with Gasteiger partial charge in [0.15, 0.2) is 0 Å². The number of hydrogen-bond donors (Lipinski definition) is 1. The SMILES string of the molecule is COc1cccc(CN2CCc3c(cc(C(=O)NCCN4CCCC4)n3C)C2)c1. The second-order valence-electron chi connectivity index (χ2n) is 8.18. The highest BCUT2D eigenvalue weighted by atomic mass is 16.5. The smallest absolute Gasteiger partial charge is 0.267 e. The lowest BCUT2D eigenvalue weighted by atomic mass is 10.1. The van der Waals surface area contributed by atoms with Crippen molar-refractivity contribution in [1.29, 1.82) is 0 Å². The molecule has 6 heteroatoms. The van der Waals surface area contributed by atoms with Gasteiger partial charge < -0.3 is 19.5 Å². The molecule has 0 saturated carbocycles. The zero-order valence-electron chi connectivity index (χ0n) is 17.6. The van der Waals surface area contributed by atoms with Crippen LogP contribution in [0.25, 0.3) is 0 Å². The summed E-state index contributed by atoms with van der Waals surface area (Å²) in [6.45, 7) is 6.76. The average Bonchev–Trinajstić information content (AvgIpc) is 3.36. The number of hydrogen-bond acceptors (Lipinski definition) is 4. The molecule has 6 nitrogen and oxygen atoms in total. The molecule has 1 aromatic heterocycles. The fourth-order valence-electron chi connectivity index (χ4n) is 4.56. The van der Waals surface area contributed by atoms with Gasteiger partial charge in [0.1, 0.15) is 11.4 Å². The van der Waals surface area contributed by atoms with Crippen LogP contribution in [0.1, 0.15) is 40.2 Å². The number of carbonyl (C=O) groups excluding carboxylic acids is 1. The van der Waals surface area contributed by atoms with Crippen molar-refractivity contribution in [2.24, 2.45) is 7.05 Å². The van der Waals surface area contributed by atoms with Gasteiger partial charge >= 0.3 is 0 Å². The second-order valence-corrected chi connectivity index (χ2v) is 8.18. The highest BCUT2D eigenvalue weighted by Gasteiger charge is 2.23. The van der Waals surface area contributed by atoms with E-state index in [2.05, 4.69) is 37.9 Å². The highest BCUT2D eigenvalue weighted by Crippen LogP contribution is 2.24. The largest absolute Gasteiger partial charge is 0.497 e. The summed E-state index contributed by atoms with van der Waals surface area (Å²) in [5.74, 6) is 0.938. The maximum Gasteiger partial charge on any atom is 0.267 e. The number of nitrogens with one attached hydrogen (secondary N) is 1. The molecule has 0 radical (unpaired) electrons. The minimum atomic E-state index is 0.0421. The third-order valence-electron chi connectivity index (χ3n) is 6.19. The van der Waals surface area contributed by atoms with E-state index < -0.39 is 0 Å². The van der Waals surface area contributed by atoms with Gasteiger partial charge in [-0.05, 0) is 55.3 Å². The molecule has 4 rings (SSSR count). The van der Waals surface area contributed by atoms with Crippen LogP contribution in [0.5, 0.6) is 5.75 Å². The Bertz CT molecular complexity index is 855. The van der Waals surface area contributed by atoms with E-state index in [9.17, 15) is 4.79 Å². The van der Waals surface area contributed by atoms with Crippen LogP contribution in [0.3, 0.4) is 0 Å². The summed E-state index contributed by atoms with van der Waals surface area (Å²) in [7, 11) is 3.72. The van der Waals surface area contributed by atoms with Crippen molar-refractivity contribution < 1.29 is 9.53 Å². The van der Waals surface area contributed by atoms with E-state index >= 15 is 0 Å². The molecular weight excluding hydrogens is 364 g/mol. The van der Waals surface area contributed by atoms with Crippen molar-refractivity contribution in [3.8, 4) is 5.75 Å². The summed E-state index contributed by atoms with van der Waals surface area (Å²) in [4.78, 5) is 17.6. The van der Waals surface area contributed by atoms with Crippen LogP contribution in [-0.4, -0.2) is 60.1 Å². The molecule has 0 unspecified atom stereocenters. The number of nitrogens with zero attached hydrogens (tertiary/aromatic N) is 3. The first kappa shape index (κ1) is 20.0. The third-order valence-corrected chi connectivity index (χ3v) is 6.19. The maximum absolute atomic E-state index is 12.7. The van der Waals surface area contributed by atoms with E-state index in [4.69, 9.17) is 4.74 Å². The molecular formula is C23H32N4O2. The summed E-state index contributed by atoms with van der Waals surface area (Å²) in [6, 6.07) is 10.3. The number of ether oxygens (including phenoxy) is 1. The average molecular weight is 397 g/mol. The Hall–Kier alpha value is -2.31. The zero-order chi connectivity index (χ0) is 20.2. The molecule has 1 aromatic carbocycles. The molecule has 1 amide bonds. The molecule has 0 bridgehead atoms. The van der Waals surface area contributed by atoms with E-state index in [1.165, 1.54) is 29.7 Å². The first-order valence-corrected chi connectivity index (χ1v) is 10.7. The van der Waals surface area contributed by atoms with Crippen LogP contribution < -0.4 is 10.1 Å². The van der Waals surface area contributed by atoms with Crippen LogP contribution in [0.15, 0.2) is 30.3 Å². The van der Waals surface area contributed by atoms with Gasteiger partial charge in [-0.1, -0.05) is 12.1 Å². The number of amides is 1. The summed E-state index contributed by atoms with van der Waals surface area (Å²) in [5.41, 5.74) is 4.59. The van der Waals surface area contributed by atoms with Gasteiger partial charge in [0, 0.05) is 51.9 Å². The monoisotopic (exact) mass is 396 g/mol. The predicted molar refractivity (Wildman–Crippen MR) is 114 cm³/mol. The molecule has 0 aliphatic carbocycles. The Morgan fingerprint density at radius 2 is 1.97 bits per heavy atom. The molecule has 156 valence electrons. The molecule has 0 spiro atoms. The second kappa shape index (κ2) is 9.01. The van der Waals surface area contributed by atoms with Gasteiger partial charge in [-0.25, -0.2) is 0 Å². The summed E-state index contributed by atoms with van der Waals surface area (Å²) >= 11 is 0. The van der Waals surface area contributed by atoms with E-state index in [0.717, 1.165) is 63.7 Å². The van der Waals surface area contributed by atoms with Crippen LogP contribution in [-0.2, 0) is 26.6 Å². The molecule has 3 heterocycles. The molecule has 2 aliphatic heterocycles. The van der Waals surface area contributed by atoms with Crippen molar-refractivity contribution in [2.45, 2.75) is 32.4 Å². The maximum atomic E-state index is 12.7. The highest BCUT2D eigenvalue weighted by molar-refractivity contribution is 5.93. The van der Waals surface area contributed by atoms with Gasteiger partial charge in [0.05, 0.1) is 7.11 Å². The number of carbonyl (C=O) groups is 1. The number of rotatable bonds is 7. The van der Waals surface area contributed by atoms with E-state index in [-0.39, 0.29) is 5.91 Å². The zero-order valence-corrected chi connectivity index (χ0v) is 17.6. The summed E-state index contributed by atoms with van der Waals surface area (Å²) in [5, 5.41) is 3.11. The van der Waals surface area contributed by atoms with Crippen molar-refractivity contribution in [3.05, 3.63) is 52.8 Å². The first-order valence-electron chi connectivity index (χ1n) is 10.7. The summed E-state index contributed by atoms with van der Waals surface area (Å²) in [6.07, 6.45) is 3.53. The number of likely N-dealkylation sites (tertiary alicyclic amines) is 1. The number of fused-ring (bicyclic) bond motifs is 1. The third kappa shape index (κ3) is 4.65. The minimum Gasteiger partial charge on any atom is -0.497 e. The topological polar surface area (TPSA) is 49.7 Å². The minimum absolute atomic E-state index is 0.0421. The lowest BCUT2D eigenvalue weighted by molar-refractivity contribution is 0.0941. The van der Waals surface area contributed by atoms with Crippen molar-refractivity contribution in [1.82, 2.24) is 19.7 Å². The van der Waals surface area contributed by atoms with Gasteiger partial charge in [-0.15, -0.1) is 0 Å². The van der Waals surface area contributed by atoms with Gasteiger partial charge in [-0.3, -0.25) is 9.69 Å². The van der Waals surface area contributed by atoms with Crippen LogP contribution in [0.4, 0.5) is 0 Å². The lowest BCUT2D eigenvalue weighted by Gasteiger charge is -2.27. The first-order chi connectivity index (χ1) is 14.1. The number of benzene rings is 1. The fraction of sp³-hybridized carbons (Fsp3) is 0.522. The van der Waals surface area contributed by atoms with Gasteiger partial charge in [0.2, 0.25) is 0 Å². The Kier molecular flexibility index (Phi) is 6.21. The van der Waals surface area contributed by atoms with Crippen molar-refractivity contribution in [3.63, 3.8) is 0 Å². The number of aromatic nitrogens is 1. The van der Waals surface area contributed by atoms with E-state index in [0.29, 0.717) is 0 Å². The molecule has 1 saturated heterocycles. The Labute approximate surface area is 173 Å². The van der Waals surface area contributed by atoms with Crippen LogP contribution >= 0.6 is 0 Å². The van der Waals surface area contributed by atoms with E-state index in [1.807, 2.05) is 19.2 Å². The fourth-order valence-corrected chi connectivity index (χ4v) is 4.56.